The van der Waals surface area contributed by atoms with Crippen LogP contribution in [0.2, 0.25) is 0 Å². The van der Waals surface area contributed by atoms with Gasteiger partial charge in [0.1, 0.15) is 5.82 Å². The number of carbonyl (C=O) groups excluding carboxylic acids is 1. The maximum Gasteiger partial charge on any atom is 0.261 e. The molecule has 3 rings (SSSR count). The van der Waals surface area contributed by atoms with Gasteiger partial charge in [0.15, 0.2) is 0 Å². The Hall–Kier alpha value is -1.50. The molecule has 0 spiro atoms. The van der Waals surface area contributed by atoms with Crippen molar-refractivity contribution in [1.29, 1.82) is 0 Å². The number of hydrogen-bond donors (Lipinski definition) is 1. The summed E-state index contributed by atoms with van der Waals surface area (Å²) in [5.41, 5.74) is 0.724. The Morgan fingerprint density at radius 2 is 2.18 bits per heavy atom. The van der Waals surface area contributed by atoms with E-state index in [2.05, 4.69) is 10.2 Å². The number of aryl methyl sites for hydroxylation is 1. The van der Waals surface area contributed by atoms with E-state index >= 15 is 0 Å². The summed E-state index contributed by atoms with van der Waals surface area (Å²) in [5, 5.41) is 3.50. The minimum Gasteiger partial charge on any atom is -0.379 e. The Morgan fingerprint density at radius 3 is 2.91 bits per heavy atom. The SMILES string of the molecule is Cc1c(C(=O)NCCN2CCOCC2)sc2cccc(F)c12. The van der Waals surface area contributed by atoms with E-state index in [0.29, 0.717) is 16.8 Å². The van der Waals surface area contributed by atoms with E-state index in [4.69, 9.17) is 4.74 Å². The smallest absolute Gasteiger partial charge is 0.261 e. The number of halogens is 1. The second kappa shape index (κ2) is 6.73. The third-order valence-corrected chi connectivity index (χ3v) is 5.18. The average molecular weight is 322 g/mol. The molecule has 1 saturated heterocycles. The second-order valence-corrected chi connectivity index (χ2v) is 6.43. The van der Waals surface area contributed by atoms with Crippen LogP contribution in [-0.4, -0.2) is 50.2 Å². The van der Waals surface area contributed by atoms with Crippen LogP contribution in [0.15, 0.2) is 18.2 Å². The van der Waals surface area contributed by atoms with Gasteiger partial charge < -0.3 is 10.1 Å². The fraction of sp³-hybridized carbons (Fsp3) is 0.438. The van der Waals surface area contributed by atoms with Gasteiger partial charge in [0, 0.05) is 36.3 Å². The van der Waals surface area contributed by atoms with Crippen molar-refractivity contribution >= 4 is 27.3 Å². The number of ether oxygens (including phenoxy) is 1. The van der Waals surface area contributed by atoms with Gasteiger partial charge >= 0.3 is 0 Å². The number of carbonyl (C=O) groups is 1. The molecule has 22 heavy (non-hydrogen) atoms. The van der Waals surface area contributed by atoms with Gasteiger partial charge in [-0.2, -0.15) is 0 Å². The summed E-state index contributed by atoms with van der Waals surface area (Å²) in [6, 6.07) is 4.95. The molecule has 1 aromatic heterocycles. The predicted octanol–water partition coefficient (Wildman–Crippen LogP) is 2.41. The molecule has 6 heteroatoms. The quantitative estimate of drug-likeness (QED) is 0.940. The van der Waals surface area contributed by atoms with Gasteiger partial charge in [0.25, 0.3) is 5.91 Å². The molecule has 118 valence electrons. The lowest BCUT2D eigenvalue weighted by Gasteiger charge is -2.26. The van der Waals surface area contributed by atoms with E-state index in [9.17, 15) is 9.18 Å². The minimum atomic E-state index is -0.265. The van der Waals surface area contributed by atoms with Crippen molar-refractivity contribution < 1.29 is 13.9 Å². The van der Waals surface area contributed by atoms with Crippen LogP contribution in [0.5, 0.6) is 0 Å². The van der Waals surface area contributed by atoms with Crippen LogP contribution in [0.25, 0.3) is 10.1 Å². The monoisotopic (exact) mass is 322 g/mol. The molecular weight excluding hydrogens is 303 g/mol. The maximum absolute atomic E-state index is 13.9. The van der Waals surface area contributed by atoms with E-state index in [1.807, 2.05) is 6.07 Å². The number of nitrogens with one attached hydrogen (secondary N) is 1. The minimum absolute atomic E-state index is 0.119. The molecule has 2 heterocycles. The van der Waals surface area contributed by atoms with Gasteiger partial charge in [-0.1, -0.05) is 6.07 Å². The van der Waals surface area contributed by atoms with Gasteiger partial charge in [0.2, 0.25) is 0 Å². The van der Waals surface area contributed by atoms with Gasteiger partial charge in [-0.25, -0.2) is 4.39 Å². The third-order valence-electron chi connectivity index (χ3n) is 3.93. The van der Waals surface area contributed by atoms with Gasteiger partial charge in [0.05, 0.1) is 18.1 Å². The van der Waals surface area contributed by atoms with E-state index in [1.165, 1.54) is 17.4 Å². The van der Waals surface area contributed by atoms with Crippen LogP contribution in [0.4, 0.5) is 4.39 Å². The van der Waals surface area contributed by atoms with Crippen molar-refractivity contribution in [2.24, 2.45) is 0 Å². The summed E-state index contributed by atoms with van der Waals surface area (Å²) in [6.45, 7) is 6.53. The molecule has 0 aliphatic carbocycles. The first-order valence-corrected chi connectivity index (χ1v) is 8.24. The van der Waals surface area contributed by atoms with Crippen molar-refractivity contribution in [3.8, 4) is 0 Å². The average Bonchev–Trinajstić information content (AvgIpc) is 2.87. The highest BCUT2D eigenvalue weighted by Crippen LogP contribution is 2.32. The molecule has 1 aliphatic rings. The normalized spacial score (nSPS) is 16.1. The van der Waals surface area contributed by atoms with Crippen LogP contribution < -0.4 is 5.32 Å². The van der Waals surface area contributed by atoms with Crippen molar-refractivity contribution in [2.45, 2.75) is 6.92 Å². The molecule has 4 nitrogen and oxygen atoms in total. The molecule has 0 saturated carbocycles. The molecule has 1 aliphatic heterocycles. The van der Waals surface area contributed by atoms with Crippen molar-refractivity contribution in [3.63, 3.8) is 0 Å². The number of fused-ring (bicyclic) bond motifs is 1. The van der Waals surface area contributed by atoms with Crippen LogP contribution in [0.1, 0.15) is 15.2 Å². The highest BCUT2D eigenvalue weighted by atomic mass is 32.1. The number of thiophene rings is 1. The molecule has 2 aromatic rings. The lowest BCUT2D eigenvalue weighted by Crippen LogP contribution is -2.41. The van der Waals surface area contributed by atoms with Crippen LogP contribution in [0.3, 0.4) is 0 Å². The summed E-state index contributed by atoms with van der Waals surface area (Å²) >= 11 is 1.35. The summed E-state index contributed by atoms with van der Waals surface area (Å²) in [6.07, 6.45) is 0. The fourth-order valence-corrected chi connectivity index (χ4v) is 3.84. The highest BCUT2D eigenvalue weighted by molar-refractivity contribution is 7.21. The molecule has 1 fully saturated rings. The number of benzene rings is 1. The van der Waals surface area contributed by atoms with Crippen molar-refractivity contribution in [1.82, 2.24) is 10.2 Å². The Balaban J connectivity index is 1.65. The highest BCUT2D eigenvalue weighted by Gasteiger charge is 2.18. The number of morpholine rings is 1. The summed E-state index contributed by atoms with van der Waals surface area (Å²) in [5.74, 6) is -0.384. The van der Waals surface area contributed by atoms with Crippen molar-refractivity contribution in [2.75, 3.05) is 39.4 Å². The van der Waals surface area contributed by atoms with Crippen molar-refractivity contribution in [3.05, 3.63) is 34.5 Å². The van der Waals surface area contributed by atoms with Gasteiger partial charge in [-0.3, -0.25) is 9.69 Å². The van der Waals surface area contributed by atoms with Gasteiger partial charge in [-0.05, 0) is 24.6 Å². The van der Waals surface area contributed by atoms with Crippen LogP contribution >= 0.6 is 11.3 Å². The Morgan fingerprint density at radius 1 is 1.41 bits per heavy atom. The molecule has 0 bridgehead atoms. The molecule has 0 atom stereocenters. The lowest BCUT2D eigenvalue weighted by molar-refractivity contribution is 0.0383. The summed E-state index contributed by atoms with van der Waals surface area (Å²) < 4.78 is 20.0. The Kier molecular flexibility index (Phi) is 4.71. The van der Waals surface area contributed by atoms with E-state index < -0.39 is 0 Å². The number of amides is 1. The first-order chi connectivity index (χ1) is 10.7. The predicted molar refractivity (Wildman–Crippen MR) is 86.1 cm³/mol. The standard InChI is InChI=1S/C16H19FN2O2S/c1-11-14-12(17)3-2-4-13(14)22-15(11)16(20)18-5-6-19-7-9-21-10-8-19/h2-4H,5-10H2,1H3,(H,18,20). The van der Waals surface area contributed by atoms with E-state index in [1.54, 1.807) is 13.0 Å². The third kappa shape index (κ3) is 3.14. The molecular formula is C16H19FN2O2S. The van der Waals surface area contributed by atoms with E-state index in [-0.39, 0.29) is 11.7 Å². The Bertz CT molecular complexity index is 680. The summed E-state index contributed by atoms with van der Waals surface area (Å²) in [7, 11) is 0. The molecule has 1 N–H and O–H groups in total. The van der Waals surface area contributed by atoms with Gasteiger partial charge in [-0.15, -0.1) is 11.3 Å². The number of hydrogen-bond acceptors (Lipinski definition) is 4. The molecule has 0 unspecified atom stereocenters. The molecule has 1 aromatic carbocycles. The molecule has 1 amide bonds. The first-order valence-electron chi connectivity index (χ1n) is 7.42. The zero-order chi connectivity index (χ0) is 15.5. The zero-order valence-corrected chi connectivity index (χ0v) is 13.3. The second-order valence-electron chi connectivity index (χ2n) is 5.38. The molecule has 0 radical (unpaired) electrons. The number of nitrogens with zero attached hydrogens (tertiary/aromatic N) is 1. The maximum atomic E-state index is 13.9. The van der Waals surface area contributed by atoms with Crippen LogP contribution in [-0.2, 0) is 4.74 Å². The lowest BCUT2D eigenvalue weighted by atomic mass is 10.1. The Labute approximate surface area is 132 Å². The van der Waals surface area contributed by atoms with E-state index in [0.717, 1.165) is 43.1 Å². The largest absolute Gasteiger partial charge is 0.379 e. The van der Waals surface area contributed by atoms with Crippen LogP contribution in [0, 0.1) is 12.7 Å². The fourth-order valence-electron chi connectivity index (χ4n) is 2.70. The zero-order valence-electron chi connectivity index (χ0n) is 12.5. The first kappa shape index (κ1) is 15.4. The topological polar surface area (TPSA) is 41.6 Å². The number of rotatable bonds is 4. The summed E-state index contributed by atoms with van der Waals surface area (Å²) in [4.78, 5) is 15.2.